The molecule has 0 aliphatic carbocycles. The molecule has 1 fully saturated rings. The van der Waals surface area contributed by atoms with Gasteiger partial charge in [-0.05, 0) is 37.7 Å². The number of benzene rings is 1. The van der Waals surface area contributed by atoms with Gasteiger partial charge in [-0.15, -0.1) is 12.4 Å². The Kier molecular flexibility index (Phi) is 7.49. The number of rotatable bonds is 7. The number of piperazine rings is 1. The molecule has 1 saturated heterocycles. The number of nitrogens with one attached hydrogen (secondary N) is 1. The van der Waals surface area contributed by atoms with E-state index in [4.69, 9.17) is 14.0 Å². The summed E-state index contributed by atoms with van der Waals surface area (Å²) in [6.07, 6.45) is 0.990. The standard InChI is InChI=1S/C17H24N4O3.ClH/c1-3-10-22-13-4-6-14(7-5-13)23-12-16-19-17(20-24-16)15-11-18-8-9-21(15)2;/h4-7,15,18H,3,8-12H2,1-2H3;1H. The first kappa shape index (κ1) is 19.5. The van der Waals surface area contributed by atoms with Crippen molar-refractivity contribution in [1.82, 2.24) is 20.4 Å². The normalized spacial score (nSPS) is 17.8. The van der Waals surface area contributed by atoms with E-state index >= 15 is 0 Å². The molecule has 8 heteroatoms. The van der Waals surface area contributed by atoms with Crippen molar-refractivity contribution < 1.29 is 14.0 Å². The van der Waals surface area contributed by atoms with Crippen LogP contribution < -0.4 is 14.8 Å². The summed E-state index contributed by atoms with van der Waals surface area (Å²) in [5, 5.41) is 7.43. The minimum absolute atomic E-state index is 0. The zero-order chi connectivity index (χ0) is 16.8. The number of nitrogens with zero attached hydrogens (tertiary/aromatic N) is 3. The highest BCUT2D eigenvalue weighted by Crippen LogP contribution is 2.20. The number of aromatic nitrogens is 2. The van der Waals surface area contributed by atoms with Gasteiger partial charge in [-0.1, -0.05) is 12.1 Å². The molecular formula is C17H25ClN4O3. The second kappa shape index (κ2) is 9.60. The first-order chi connectivity index (χ1) is 11.8. The zero-order valence-electron chi connectivity index (χ0n) is 14.6. The van der Waals surface area contributed by atoms with Gasteiger partial charge < -0.3 is 19.3 Å². The van der Waals surface area contributed by atoms with Crippen LogP contribution >= 0.6 is 12.4 Å². The van der Waals surface area contributed by atoms with Gasteiger partial charge >= 0.3 is 0 Å². The summed E-state index contributed by atoms with van der Waals surface area (Å²) < 4.78 is 16.5. The van der Waals surface area contributed by atoms with Crippen LogP contribution in [0.2, 0.25) is 0 Å². The summed E-state index contributed by atoms with van der Waals surface area (Å²) in [5.41, 5.74) is 0. The minimum Gasteiger partial charge on any atom is -0.494 e. The molecule has 138 valence electrons. The van der Waals surface area contributed by atoms with Crippen molar-refractivity contribution in [3.8, 4) is 11.5 Å². The molecule has 0 saturated carbocycles. The third-order valence-electron chi connectivity index (χ3n) is 3.95. The van der Waals surface area contributed by atoms with E-state index in [0.29, 0.717) is 11.7 Å². The van der Waals surface area contributed by atoms with Gasteiger partial charge in [0.15, 0.2) is 12.4 Å². The maximum atomic E-state index is 5.70. The molecule has 0 radical (unpaired) electrons. The van der Waals surface area contributed by atoms with Crippen molar-refractivity contribution in [2.24, 2.45) is 0 Å². The first-order valence-electron chi connectivity index (χ1n) is 8.35. The number of hydrogen-bond acceptors (Lipinski definition) is 7. The maximum Gasteiger partial charge on any atom is 0.264 e. The predicted octanol–water partition coefficient (Wildman–Crippen LogP) is 2.44. The molecule has 0 bridgehead atoms. The number of ether oxygens (including phenoxy) is 2. The highest BCUT2D eigenvalue weighted by atomic mass is 35.5. The maximum absolute atomic E-state index is 5.70. The molecule has 25 heavy (non-hydrogen) atoms. The lowest BCUT2D eigenvalue weighted by atomic mass is 10.2. The molecule has 1 N–H and O–H groups in total. The van der Waals surface area contributed by atoms with E-state index in [1.165, 1.54) is 0 Å². The van der Waals surface area contributed by atoms with Crippen LogP contribution in [0.5, 0.6) is 11.5 Å². The molecule has 2 aromatic rings. The molecule has 1 aromatic heterocycles. The van der Waals surface area contributed by atoms with Crippen molar-refractivity contribution >= 4 is 12.4 Å². The molecule has 0 spiro atoms. The Morgan fingerprint density at radius 1 is 1.24 bits per heavy atom. The lowest BCUT2D eigenvalue weighted by Crippen LogP contribution is -2.44. The first-order valence-corrected chi connectivity index (χ1v) is 8.35. The Morgan fingerprint density at radius 3 is 2.64 bits per heavy atom. The second-order valence-corrected chi connectivity index (χ2v) is 5.86. The molecule has 0 amide bonds. The lowest BCUT2D eigenvalue weighted by molar-refractivity contribution is 0.189. The van der Waals surface area contributed by atoms with Crippen LogP contribution in [0.1, 0.15) is 31.1 Å². The smallest absolute Gasteiger partial charge is 0.264 e. The molecule has 3 rings (SSSR count). The Labute approximate surface area is 154 Å². The number of likely N-dealkylation sites (N-methyl/N-ethyl adjacent to an activating group) is 1. The van der Waals surface area contributed by atoms with Gasteiger partial charge in [-0.3, -0.25) is 4.90 Å². The van der Waals surface area contributed by atoms with Gasteiger partial charge in [-0.25, -0.2) is 0 Å². The van der Waals surface area contributed by atoms with Crippen molar-refractivity contribution in [2.75, 3.05) is 33.3 Å². The summed E-state index contributed by atoms with van der Waals surface area (Å²) in [7, 11) is 2.07. The van der Waals surface area contributed by atoms with Crippen molar-refractivity contribution in [3.63, 3.8) is 0 Å². The van der Waals surface area contributed by atoms with Crippen molar-refractivity contribution in [3.05, 3.63) is 36.0 Å². The molecular weight excluding hydrogens is 344 g/mol. The molecule has 2 heterocycles. The Balaban J connectivity index is 0.00000225. The molecule has 1 aliphatic heterocycles. The van der Waals surface area contributed by atoms with E-state index in [2.05, 4.69) is 34.3 Å². The van der Waals surface area contributed by atoms with Crippen LogP contribution in [-0.4, -0.2) is 48.3 Å². The van der Waals surface area contributed by atoms with E-state index in [0.717, 1.165) is 44.2 Å². The molecule has 1 aliphatic rings. The monoisotopic (exact) mass is 368 g/mol. The summed E-state index contributed by atoms with van der Waals surface area (Å²) in [5.74, 6) is 2.77. The zero-order valence-corrected chi connectivity index (χ0v) is 15.4. The Bertz CT molecular complexity index is 635. The summed E-state index contributed by atoms with van der Waals surface area (Å²) in [6.45, 7) is 5.84. The second-order valence-electron chi connectivity index (χ2n) is 5.86. The number of halogens is 1. The largest absolute Gasteiger partial charge is 0.494 e. The fraction of sp³-hybridized carbons (Fsp3) is 0.529. The van der Waals surface area contributed by atoms with Gasteiger partial charge in [0.1, 0.15) is 11.5 Å². The van der Waals surface area contributed by atoms with Gasteiger partial charge in [0, 0.05) is 19.6 Å². The molecule has 1 atom stereocenters. The SMILES string of the molecule is CCCOc1ccc(OCc2nc(C3CNCCN3C)no2)cc1.Cl. The number of hydrogen-bond donors (Lipinski definition) is 1. The summed E-state index contributed by atoms with van der Waals surface area (Å²) in [4.78, 5) is 6.67. The molecule has 1 aromatic carbocycles. The van der Waals surface area contributed by atoms with Crippen LogP contribution in [0, 0.1) is 0 Å². The third kappa shape index (κ3) is 5.32. The van der Waals surface area contributed by atoms with Crippen molar-refractivity contribution in [1.29, 1.82) is 0 Å². The van der Waals surface area contributed by atoms with Gasteiger partial charge in [-0.2, -0.15) is 4.98 Å². The van der Waals surface area contributed by atoms with E-state index in [1.807, 2.05) is 24.3 Å². The van der Waals surface area contributed by atoms with Gasteiger partial charge in [0.2, 0.25) is 0 Å². The average molecular weight is 369 g/mol. The molecule has 7 nitrogen and oxygen atoms in total. The Morgan fingerprint density at radius 2 is 1.96 bits per heavy atom. The summed E-state index contributed by atoms with van der Waals surface area (Å²) >= 11 is 0. The van der Waals surface area contributed by atoms with Crippen LogP contribution in [0.25, 0.3) is 0 Å². The third-order valence-corrected chi connectivity index (χ3v) is 3.95. The van der Waals surface area contributed by atoms with E-state index in [1.54, 1.807) is 0 Å². The van der Waals surface area contributed by atoms with E-state index < -0.39 is 0 Å². The minimum atomic E-state index is 0. The van der Waals surface area contributed by atoms with Crippen LogP contribution in [0.4, 0.5) is 0 Å². The fourth-order valence-corrected chi connectivity index (χ4v) is 2.55. The van der Waals surface area contributed by atoms with E-state index in [9.17, 15) is 0 Å². The van der Waals surface area contributed by atoms with Gasteiger partial charge in [0.05, 0.1) is 12.6 Å². The summed E-state index contributed by atoms with van der Waals surface area (Å²) in [6, 6.07) is 7.69. The van der Waals surface area contributed by atoms with Gasteiger partial charge in [0.25, 0.3) is 5.89 Å². The highest BCUT2D eigenvalue weighted by Gasteiger charge is 2.25. The lowest BCUT2D eigenvalue weighted by Gasteiger charge is -2.30. The quantitative estimate of drug-likeness (QED) is 0.804. The van der Waals surface area contributed by atoms with Crippen molar-refractivity contribution in [2.45, 2.75) is 26.0 Å². The van der Waals surface area contributed by atoms with Crippen LogP contribution in [0.3, 0.4) is 0 Å². The Hall–Kier alpha value is -1.83. The van der Waals surface area contributed by atoms with Crippen LogP contribution in [0.15, 0.2) is 28.8 Å². The highest BCUT2D eigenvalue weighted by molar-refractivity contribution is 5.85. The topological polar surface area (TPSA) is 72.7 Å². The van der Waals surface area contributed by atoms with Crippen LogP contribution in [-0.2, 0) is 6.61 Å². The fourth-order valence-electron chi connectivity index (χ4n) is 2.55. The van der Waals surface area contributed by atoms with E-state index in [-0.39, 0.29) is 25.1 Å². The predicted molar refractivity (Wildman–Crippen MR) is 96.3 cm³/mol. The average Bonchev–Trinajstić information content (AvgIpc) is 3.08. The molecule has 1 unspecified atom stereocenters.